The van der Waals surface area contributed by atoms with Crippen LogP contribution in [0, 0.1) is 0 Å². The topological polar surface area (TPSA) is 64.6 Å². The lowest BCUT2D eigenvalue weighted by atomic mass is 10.2. The summed E-state index contributed by atoms with van der Waals surface area (Å²) >= 11 is 1.93. The third-order valence-electron chi connectivity index (χ3n) is 1.21. The van der Waals surface area contributed by atoms with Gasteiger partial charge in [-0.15, -0.1) is 0 Å². The van der Waals surface area contributed by atoms with Crippen LogP contribution in [0.2, 0.25) is 0 Å². The van der Waals surface area contributed by atoms with Crippen molar-refractivity contribution >= 4 is 34.7 Å². The van der Waals surface area contributed by atoms with Crippen molar-refractivity contribution in [3.05, 3.63) is 0 Å². The van der Waals surface area contributed by atoms with Crippen LogP contribution in [0.15, 0.2) is 0 Å². The van der Waals surface area contributed by atoms with E-state index in [2.05, 4.69) is 10.1 Å². The second-order valence-corrected chi connectivity index (χ2v) is 4.43. The largest absolute Gasteiger partial charge is 0.455 e. The second-order valence-electron chi connectivity index (χ2n) is 3.80. The second kappa shape index (κ2) is 6.86. The Morgan fingerprint density at radius 2 is 1.93 bits per heavy atom. The summed E-state index contributed by atoms with van der Waals surface area (Å²) in [4.78, 5) is 22.0. The molecule has 0 fully saturated rings. The zero-order valence-electron chi connectivity index (χ0n) is 9.13. The Morgan fingerprint density at radius 3 is 2.40 bits per heavy atom. The monoisotopic (exact) mass is 329 g/mol. The highest BCUT2D eigenvalue weighted by Crippen LogP contribution is 2.06. The van der Waals surface area contributed by atoms with Gasteiger partial charge in [-0.1, -0.05) is 0 Å². The first-order chi connectivity index (χ1) is 6.85. The van der Waals surface area contributed by atoms with E-state index in [-0.39, 0.29) is 18.9 Å². The Balaban J connectivity index is 3.60. The lowest BCUT2D eigenvalue weighted by molar-refractivity contribution is -0.140. The molecule has 88 valence electrons. The summed E-state index contributed by atoms with van der Waals surface area (Å²) < 4.78 is 9.98. The molecule has 0 saturated heterocycles. The van der Waals surface area contributed by atoms with Gasteiger partial charge in [0, 0.05) is 6.54 Å². The summed E-state index contributed by atoms with van der Waals surface area (Å²) in [7, 11) is 0. The Bertz CT molecular complexity index is 225. The molecule has 0 unspecified atom stereocenters. The fourth-order valence-corrected chi connectivity index (χ4v) is 1.06. The minimum absolute atomic E-state index is 0.155. The van der Waals surface area contributed by atoms with Crippen molar-refractivity contribution in [3.8, 4) is 0 Å². The molecule has 0 spiro atoms. The van der Waals surface area contributed by atoms with Gasteiger partial charge in [0.15, 0.2) is 0 Å². The van der Waals surface area contributed by atoms with Crippen LogP contribution in [0.4, 0.5) is 4.79 Å². The fraction of sp³-hybridized carbons (Fsp3) is 0.778. The lowest BCUT2D eigenvalue weighted by Crippen LogP contribution is -2.33. The van der Waals surface area contributed by atoms with E-state index < -0.39 is 11.7 Å². The van der Waals surface area contributed by atoms with Gasteiger partial charge in [-0.2, -0.15) is 0 Å². The highest BCUT2D eigenvalue weighted by Gasteiger charge is 2.15. The van der Waals surface area contributed by atoms with Gasteiger partial charge >= 0.3 is 12.1 Å². The highest BCUT2D eigenvalue weighted by molar-refractivity contribution is 14.1. The smallest absolute Gasteiger partial charge is 0.407 e. The molecule has 0 aromatic heterocycles. The third-order valence-corrected chi connectivity index (χ3v) is 1.52. The van der Waals surface area contributed by atoms with Crippen molar-refractivity contribution in [3.63, 3.8) is 0 Å². The van der Waals surface area contributed by atoms with Gasteiger partial charge in [-0.05, 0) is 43.4 Å². The van der Waals surface area contributed by atoms with E-state index in [1.165, 1.54) is 0 Å². The third kappa shape index (κ3) is 9.77. The molecule has 0 aromatic rings. The maximum atomic E-state index is 11.1. The van der Waals surface area contributed by atoms with Crippen molar-refractivity contribution < 1.29 is 19.1 Å². The summed E-state index contributed by atoms with van der Waals surface area (Å²) in [6.07, 6.45) is -0.368. The molecule has 0 aliphatic carbocycles. The molecule has 0 saturated carbocycles. The van der Waals surface area contributed by atoms with Crippen LogP contribution >= 0.6 is 22.6 Å². The van der Waals surface area contributed by atoms with Crippen LogP contribution < -0.4 is 5.32 Å². The number of rotatable bonds is 4. The Kier molecular flexibility index (Phi) is 6.62. The molecular weight excluding hydrogens is 313 g/mol. The number of ether oxygens (including phenoxy) is 2. The van der Waals surface area contributed by atoms with E-state index in [0.717, 1.165) is 0 Å². The molecule has 0 rings (SSSR count). The summed E-state index contributed by atoms with van der Waals surface area (Å²) in [5.41, 5.74) is -0.521. The predicted molar refractivity (Wildman–Crippen MR) is 63.8 cm³/mol. The van der Waals surface area contributed by atoms with Gasteiger partial charge in [-0.3, -0.25) is 4.79 Å². The van der Waals surface area contributed by atoms with Gasteiger partial charge in [0.2, 0.25) is 0 Å². The lowest BCUT2D eigenvalue weighted by Gasteiger charge is -2.19. The maximum Gasteiger partial charge on any atom is 0.407 e. The van der Waals surface area contributed by atoms with Crippen molar-refractivity contribution in [1.29, 1.82) is 0 Å². The first-order valence-corrected chi connectivity index (χ1v) is 6.06. The maximum absolute atomic E-state index is 11.1. The number of hydrogen-bond acceptors (Lipinski definition) is 4. The number of nitrogens with one attached hydrogen (secondary N) is 1. The van der Waals surface area contributed by atoms with Crippen LogP contribution in [0.1, 0.15) is 27.2 Å². The van der Waals surface area contributed by atoms with E-state index in [1.807, 2.05) is 22.6 Å². The van der Waals surface area contributed by atoms with Crippen molar-refractivity contribution in [2.24, 2.45) is 0 Å². The van der Waals surface area contributed by atoms with Gasteiger partial charge in [-0.25, -0.2) is 4.79 Å². The Labute approximate surface area is 103 Å². The summed E-state index contributed by atoms with van der Waals surface area (Å²) in [6.45, 7) is 5.55. The SMILES string of the molecule is CC(C)(C)OC(=O)NCCC(=O)OCI. The van der Waals surface area contributed by atoms with E-state index in [4.69, 9.17) is 4.74 Å². The molecule has 5 nitrogen and oxygen atoms in total. The summed E-state index contributed by atoms with van der Waals surface area (Å²) in [6, 6.07) is 0. The number of carbonyl (C=O) groups is 2. The quantitative estimate of drug-likeness (QED) is 0.486. The van der Waals surface area contributed by atoms with Crippen LogP contribution in [-0.2, 0) is 14.3 Å². The van der Waals surface area contributed by atoms with E-state index in [1.54, 1.807) is 20.8 Å². The first-order valence-electron chi connectivity index (χ1n) is 4.53. The number of alkyl carbamates (subject to hydrolysis) is 1. The first kappa shape index (κ1) is 14.5. The molecule has 0 bridgehead atoms. The average Bonchev–Trinajstić information content (AvgIpc) is 2.00. The molecule has 1 N–H and O–H groups in total. The molecular formula is C9H16INO4. The minimum atomic E-state index is -0.523. The van der Waals surface area contributed by atoms with Crippen LogP contribution in [0.5, 0.6) is 0 Å². The van der Waals surface area contributed by atoms with Crippen LogP contribution in [0.25, 0.3) is 0 Å². The molecule has 0 aromatic carbocycles. The fourth-order valence-electron chi connectivity index (χ4n) is 0.714. The molecule has 1 amide bonds. The number of esters is 1. The minimum Gasteiger partial charge on any atom is -0.455 e. The average molecular weight is 329 g/mol. The van der Waals surface area contributed by atoms with Crippen molar-refractivity contribution in [2.45, 2.75) is 32.8 Å². The van der Waals surface area contributed by atoms with Gasteiger partial charge in [0.25, 0.3) is 0 Å². The van der Waals surface area contributed by atoms with Gasteiger partial charge in [0.1, 0.15) is 10.2 Å². The molecule has 0 aliphatic rings. The van der Waals surface area contributed by atoms with Gasteiger partial charge < -0.3 is 14.8 Å². The van der Waals surface area contributed by atoms with Crippen LogP contribution in [0.3, 0.4) is 0 Å². The predicted octanol–water partition coefficient (Wildman–Crippen LogP) is 1.84. The Hall–Kier alpha value is -0.530. The zero-order valence-corrected chi connectivity index (χ0v) is 11.3. The van der Waals surface area contributed by atoms with Crippen LogP contribution in [-0.4, -0.2) is 28.8 Å². The highest BCUT2D eigenvalue weighted by atomic mass is 127. The molecule has 0 atom stereocenters. The number of hydrogen-bond donors (Lipinski definition) is 1. The number of alkyl halides is 1. The summed E-state index contributed by atoms with van der Waals surface area (Å²) in [5.74, 6) is -0.333. The Morgan fingerprint density at radius 1 is 1.33 bits per heavy atom. The standard InChI is InChI=1S/C9H16INO4/c1-9(2,3)15-8(13)11-5-4-7(12)14-6-10/h4-6H2,1-3H3,(H,11,13). The molecule has 0 radical (unpaired) electrons. The van der Waals surface area contributed by atoms with Crippen molar-refractivity contribution in [1.82, 2.24) is 5.32 Å². The zero-order chi connectivity index (χ0) is 11.9. The van der Waals surface area contributed by atoms with E-state index in [9.17, 15) is 9.59 Å². The number of carbonyl (C=O) groups excluding carboxylic acids is 2. The molecule has 0 aliphatic heterocycles. The van der Waals surface area contributed by atoms with Gasteiger partial charge in [0.05, 0.1) is 6.42 Å². The molecule has 15 heavy (non-hydrogen) atoms. The molecule has 0 heterocycles. The normalized spacial score (nSPS) is 10.7. The number of halogens is 1. The van der Waals surface area contributed by atoms with E-state index in [0.29, 0.717) is 4.61 Å². The van der Waals surface area contributed by atoms with E-state index >= 15 is 0 Å². The van der Waals surface area contributed by atoms with Crippen molar-refractivity contribution in [2.75, 3.05) is 11.2 Å². The number of amides is 1. The summed E-state index contributed by atoms with van der Waals surface area (Å²) in [5, 5.41) is 2.46. The molecule has 6 heteroatoms.